The second-order valence-electron chi connectivity index (χ2n) is 2.68. The molecule has 58 valence electrons. The van der Waals surface area contributed by atoms with Gasteiger partial charge in [-0.15, -0.1) is 0 Å². The van der Waals surface area contributed by atoms with E-state index in [-0.39, 0.29) is 0 Å². The van der Waals surface area contributed by atoms with Crippen LogP contribution in [0.25, 0.3) is 6.08 Å². The predicted molar refractivity (Wildman–Crippen MR) is 51.0 cm³/mol. The molecule has 0 saturated heterocycles. The SMILES string of the molecule is C=Cc1c(C)cc(C)cc1Cl. The topological polar surface area (TPSA) is 0 Å². The summed E-state index contributed by atoms with van der Waals surface area (Å²) in [6.07, 6.45) is 1.79. The Kier molecular flexibility index (Phi) is 2.35. The van der Waals surface area contributed by atoms with Crippen molar-refractivity contribution in [1.82, 2.24) is 0 Å². The van der Waals surface area contributed by atoms with E-state index in [1.165, 1.54) is 11.1 Å². The molecule has 0 amide bonds. The van der Waals surface area contributed by atoms with Crippen molar-refractivity contribution < 1.29 is 0 Å². The summed E-state index contributed by atoms with van der Waals surface area (Å²) in [5, 5.41) is 0.789. The van der Waals surface area contributed by atoms with E-state index >= 15 is 0 Å². The molecule has 1 aromatic carbocycles. The summed E-state index contributed by atoms with van der Waals surface area (Å²) in [6.45, 7) is 7.77. The van der Waals surface area contributed by atoms with Gasteiger partial charge < -0.3 is 0 Å². The maximum atomic E-state index is 5.96. The van der Waals surface area contributed by atoms with Crippen LogP contribution in [-0.4, -0.2) is 0 Å². The lowest BCUT2D eigenvalue weighted by Crippen LogP contribution is -1.83. The molecule has 0 N–H and O–H groups in total. The van der Waals surface area contributed by atoms with Gasteiger partial charge in [0.1, 0.15) is 0 Å². The molecule has 0 fully saturated rings. The van der Waals surface area contributed by atoms with E-state index in [0.717, 1.165) is 10.6 Å². The Morgan fingerprint density at radius 3 is 2.45 bits per heavy atom. The summed E-state index contributed by atoms with van der Waals surface area (Å²) in [7, 11) is 0. The van der Waals surface area contributed by atoms with Gasteiger partial charge in [-0.1, -0.05) is 30.3 Å². The number of benzene rings is 1. The highest BCUT2D eigenvalue weighted by Crippen LogP contribution is 2.22. The van der Waals surface area contributed by atoms with Gasteiger partial charge in [0.25, 0.3) is 0 Å². The number of hydrogen-bond donors (Lipinski definition) is 0. The normalized spacial score (nSPS) is 9.73. The van der Waals surface area contributed by atoms with Gasteiger partial charge in [-0.05, 0) is 36.6 Å². The molecular formula is C10H11Cl. The van der Waals surface area contributed by atoms with Crippen LogP contribution in [0.2, 0.25) is 5.02 Å². The smallest absolute Gasteiger partial charge is 0.0483 e. The van der Waals surface area contributed by atoms with Gasteiger partial charge >= 0.3 is 0 Å². The molecule has 1 heteroatoms. The van der Waals surface area contributed by atoms with Crippen molar-refractivity contribution in [3.8, 4) is 0 Å². The van der Waals surface area contributed by atoms with E-state index in [9.17, 15) is 0 Å². The first-order valence-electron chi connectivity index (χ1n) is 3.54. The van der Waals surface area contributed by atoms with Gasteiger partial charge in [-0.2, -0.15) is 0 Å². The van der Waals surface area contributed by atoms with Crippen molar-refractivity contribution in [3.63, 3.8) is 0 Å². The van der Waals surface area contributed by atoms with Gasteiger partial charge in [0.15, 0.2) is 0 Å². The molecule has 0 aliphatic heterocycles. The average Bonchev–Trinajstić information content (AvgIpc) is 1.85. The number of hydrogen-bond acceptors (Lipinski definition) is 0. The van der Waals surface area contributed by atoms with Crippen LogP contribution < -0.4 is 0 Å². The van der Waals surface area contributed by atoms with E-state index in [1.807, 2.05) is 19.9 Å². The van der Waals surface area contributed by atoms with Crippen molar-refractivity contribution in [2.24, 2.45) is 0 Å². The molecule has 1 rings (SSSR count). The number of rotatable bonds is 1. The first-order valence-corrected chi connectivity index (χ1v) is 3.92. The summed E-state index contributed by atoms with van der Waals surface area (Å²) < 4.78 is 0. The Balaban J connectivity index is 3.36. The first-order chi connectivity index (χ1) is 5.15. The van der Waals surface area contributed by atoms with Crippen molar-refractivity contribution >= 4 is 17.7 Å². The van der Waals surface area contributed by atoms with E-state index in [0.29, 0.717) is 0 Å². The highest BCUT2D eigenvalue weighted by molar-refractivity contribution is 6.32. The Hall–Kier alpha value is -0.750. The molecule has 0 radical (unpaired) electrons. The first kappa shape index (κ1) is 8.35. The molecule has 0 heterocycles. The summed E-state index contributed by atoms with van der Waals surface area (Å²) in [6, 6.07) is 4.05. The Labute approximate surface area is 72.5 Å². The fraction of sp³-hybridized carbons (Fsp3) is 0.200. The zero-order valence-electron chi connectivity index (χ0n) is 6.82. The van der Waals surface area contributed by atoms with E-state index in [4.69, 9.17) is 11.6 Å². The average molecular weight is 167 g/mol. The second-order valence-corrected chi connectivity index (χ2v) is 3.09. The van der Waals surface area contributed by atoms with Crippen molar-refractivity contribution in [2.75, 3.05) is 0 Å². The largest absolute Gasteiger partial charge is 0.0984 e. The monoisotopic (exact) mass is 166 g/mol. The molecule has 1 aromatic rings. The molecule has 0 atom stereocenters. The summed E-state index contributed by atoms with van der Waals surface area (Å²) in [5.74, 6) is 0. The minimum atomic E-state index is 0.789. The zero-order valence-corrected chi connectivity index (χ0v) is 7.57. The minimum Gasteiger partial charge on any atom is -0.0984 e. The predicted octanol–water partition coefficient (Wildman–Crippen LogP) is 3.60. The lowest BCUT2D eigenvalue weighted by Gasteiger charge is -2.03. The molecule has 0 aliphatic carbocycles. The van der Waals surface area contributed by atoms with Crippen LogP contribution in [0.4, 0.5) is 0 Å². The van der Waals surface area contributed by atoms with Crippen LogP contribution in [-0.2, 0) is 0 Å². The van der Waals surface area contributed by atoms with Crippen LogP contribution >= 0.6 is 11.6 Å². The third-order valence-electron chi connectivity index (χ3n) is 1.68. The quantitative estimate of drug-likeness (QED) is 0.598. The molecule has 0 bridgehead atoms. The van der Waals surface area contributed by atoms with Crippen molar-refractivity contribution in [3.05, 3.63) is 40.4 Å². The van der Waals surface area contributed by atoms with Gasteiger partial charge in [0, 0.05) is 5.02 Å². The van der Waals surface area contributed by atoms with E-state index in [2.05, 4.69) is 12.6 Å². The van der Waals surface area contributed by atoms with Crippen molar-refractivity contribution in [1.29, 1.82) is 0 Å². The minimum absolute atomic E-state index is 0.789. The summed E-state index contributed by atoms with van der Waals surface area (Å²) in [5.41, 5.74) is 3.42. The highest BCUT2D eigenvalue weighted by Gasteiger charge is 1.99. The van der Waals surface area contributed by atoms with Crippen LogP contribution in [0.1, 0.15) is 16.7 Å². The van der Waals surface area contributed by atoms with Gasteiger partial charge in [-0.3, -0.25) is 0 Å². The Morgan fingerprint density at radius 2 is 2.00 bits per heavy atom. The molecule has 11 heavy (non-hydrogen) atoms. The zero-order chi connectivity index (χ0) is 8.43. The molecule has 0 saturated carbocycles. The fourth-order valence-corrected chi connectivity index (χ4v) is 1.58. The maximum absolute atomic E-state index is 5.96. The van der Waals surface area contributed by atoms with E-state index < -0.39 is 0 Å². The van der Waals surface area contributed by atoms with Crippen LogP contribution in [0.5, 0.6) is 0 Å². The third kappa shape index (κ3) is 1.63. The highest BCUT2D eigenvalue weighted by atomic mass is 35.5. The van der Waals surface area contributed by atoms with Gasteiger partial charge in [0.2, 0.25) is 0 Å². The van der Waals surface area contributed by atoms with Crippen LogP contribution in [0, 0.1) is 13.8 Å². The number of halogens is 1. The van der Waals surface area contributed by atoms with Gasteiger partial charge in [-0.25, -0.2) is 0 Å². The second kappa shape index (κ2) is 3.10. The lowest BCUT2D eigenvalue weighted by molar-refractivity contribution is 1.37. The fourth-order valence-electron chi connectivity index (χ4n) is 1.19. The summed E-state index contributed by atoms with van der Waals surface area (Å²) in [4.78, 5) is 0. The summed E-state index contributed by atoms with van der Waals surface area (Å²) >= 11 is 5.96. The van der Waals surface area contributed by atoms with E-state index in [1.54, 1.807) is 6.08 Å². The molecule has 0 aromatic heterocycles. The van der Waals surface area contributed by atoms with Gasteiger partial charge in [0.05, 0.1) is 0 Å². The Bertz CT molecular complexity index is 264. The molecule has 0 unspecified atom stereocenters. The third-order valence-corrected chi connectivity index (χ3v) is 2.00. The molecule has 0 spiro atoms. The Morgan fingerprint density at radius 1 is 1.36 bits per heavy atom. The molecule has 0 aliphatic rings. The van der Waals surface area contributed by atoms with Crippen molar-refractivity contribution in [2.45, 2.75) is 13.8 Å². The molecular weight excluding hydrogens is 156 g/mol. The number of aryl methyl sites for hydroxylation is 2. The molecule has 0 nitrogen and oxygen atoms in total. The van der Waals surface area contributed by atoms with Crippen LogP contribution in [0.15, 0.2) is 18.7 Å². The van der Waals surface area contributed by atoms with Crippen LogP contribution in [0.3, 0.4) is 0 Å². The lowest BCUT2D eigenvalue weighted by atomic mass is 10.1. The standard InChI is InChI=1S/C10H11Cl/c1-4-9-8(3)5-7(2)6-10(9)11/h4-6H,1H2,2-3H3. The maximum Gasteiger partial charge on any atom is 0.0483 e.